The first kappa shape index (κ1) is 31.3. The van der Waals surface area contributed by atoms with Gasteiger partial charge >= 0.3 is 36.9 Å². The van der Waals surface area contributed by atoms with Crippen LogP contribution in [0.2, 0.25) is 0 Å². The van der Waals surface area contributed by atoms with E-state index in [0.29, 0.717) is 0 Å². The van der Waals surface area contributed by atoms with Crippen molar-refractivity contribution in [2.45, 2.75) is 0 Å². The zero-order valence-electron chi connectivity index (χ0n) is 17.6. The molecule has 0 fully saturated rings. The van der Waals surface area contributed by atoms with E-state index in [-0.39, 0.29) is 29.6 Å². The van der Waals surface area contributed by atoms with Gasteiger partial charge < -0.3 is 14.0 Å². The molecule has 0 radical (unpaired) electrons. The number of hydrogen-bond acceptors (Lipinski definition) is 3. The first-order chi connectivity index (χ1) is 17.1. The van der Waals surface area contributed by atoms with Gasteiger partial charge in [0.2, 0.25) is 87.3 Å². The van der Waals surface area contributed by atoms with Crippen molar-refractivity contribution in [3.63, 3.8) is 0 Å². The molecule has 0 amide bonds. The minimum atomic E-state index is -4.84. The standard InChI is InChI=1S/C18HBF15O3.Na/c20-1-4(23)10(29)16(11(30)5(1)24)35-19(36-17-12(31)6(25)2(21)7(26)13(17)32)37-18-14(33)8(27)3(22)9(28)15(18)34;/h19H;/q-1;+1. The molecule has 0 saturated heterocycles. The molecule has 0 aliphatic rings. The third kappa shape index (κ3) is 5.18. The van der Waals surface area contributed by atoms with E-state index in [1.165, 1.54) is 0 Å². The van der Waals surface area contributed by atoms with Gasteiger partial charge in [-0.25, -0.2) is 39.5 Å². The largest absolute Gasteiger partial charge is 1.00 e. The predicted molar refractivity (Wildman–Crippen MR) is 87.7 cm³/mol. The Labute approximate surface area is 221 Å². The fraction of sp³-hybridized carbons (Fsp3) is 0. The third-order valence-corrected chi connectivity index (χ3v) is 4.30. The molecule has 0 heterocycles. The van der Waals surface area contributed by atoms with Gasteiger partial charge in [-0.05, 0) is 0 Å². The van der Waals surface area contributed by atoms with E-state index < -0.39 is 112 Å². The van der Waals surface area contributed by atoms with Crippen LogP contribution in [-0.2, 0) is 0 Å². The van der Waals surface area contributed by atoms with Crippen LogP contribution in [0.4, 0.5) is 65.9 Å². The zero-order chi connectivity index (χ0) is 28.1. The van der Waals surface area contributed by atoms with E-state index in [1.807, 2.05) is 0 Å². The van der Waals surface area contributed by atoms with E-state index in [2.05, 4.69) is 14.0 Å². The van der Waals surface area contributed by atoms with Crippen molar-refractivity contribution in [1.82, 2.24) is 0 Å². The number of hydrogen-bond donors (Lipinski definition) is 0. The second kappa shape index (κ2) is 11.4. The van der Waals surface area contributed by atoms with Gasteiger partial charge in [0.1, 0.15) is 0 Å². The van der Waals surface area contributed by atoms with Gasteiger partial charge in [0.25, 0.3) is 0 Å². The van der Waals surface area contributed by atoms with Crippen molar-refractivity contribution in [1.29, 1.82) is 0 Å². The summed E-state index contributed by atoms with van der Waals surface area (Å²) in [7, 11) is -4.84. The summed E-state index contributed by atoms with van der Waals surface area (Å²) in [5, 5.41) is 0. The summed E-state index contributed by atoms with van der Waals surface area (Å²) < 4.78 is 216. The van der Waals surface area contributed by atoms with Crippen LogP contribution in [0.1, 0.15) is 0 Å². The van der Waals surface area contributed by atoms with Crippen LogP contribution in [0.25, 0.3) is 0 Å². The van der Waals surface area contributed by atoms with Gasteiger partial charge in [-0.3, -0.25) is 0 Å². The number of halogens is 15. The van der Waals surface area contributed by atoms with Crippen molar-refractivity contribution in [3.8, 4) is 17.2 Å². The number of benzene rings is 3. The van der Waals surface area contributed by atoms with Gasteiger partial charge in [0, 0.05) is 0 Å². The summed E-state index contributed by atoms with van der Waals surface area (Å²) in [5.74, 6) is -49.7. The maximum absolute atomic E-state index is 13.9. The Morgan fingerprint density at radius 1 is 0.263 bits per heavy atom. The van der Waals surface area contributed by atoms with Crippen molar-refractivity contribution >= 4 is 7.32 Å². The Bertz CT molecular complexity index is 1180. The van der Waals surface area contributed by atoms with Crippen LogP contribution >= 0.6 is 0 Å². The van der Waals surface area contributed by atoms with E-state index in [1.54, 1.807) is 0 Å². The topological polar surface area (TPSA) is 27.7 Å². The quantitative estimate of drug-likeness (QED) is 0.193. The molecule has 0 saturated carbocycles. The maximum Gasteiger partial charge on any atom is 1.00 e. The molecule has 3 aromatic carbocycles. The molecule has 20 heteroatoms. The van der Waals surface area contributed by atoms with Gasteiger partial charge in [-0.2, -0.15) is 26.3 Å². The summed E-state index contributed by atoms with van der Waals surface area (Å²) >= 11 is 0. The molecule has 0 aliphatic heterocycles. The van der Waals surface area contributed by atoms with Crippen LogP contribution in [0, 0.1) is 87.3 Å². The molecular formula is C18HBF15NaO3. The fourth-order valence-corrected chi connectivity index (χ4v) is 2.58. The molecule has 0 N–H and O–H groups in total. The Morgan fingerprint density at radius 3 is 0.553 bits per heavy atom. The first-order valence-electron chi connectivity index (χ1n) is 8.81. The fourth-order valence-electron chi connectivity index (χ4n) is 2.58. The molecule has 3 nitrogen and oxygen atoms in total. The normalized spacial score (nSPS) is 11.1. The predicted octanol–water partition coefficient (Wildman–Crippen LogP) is 3.03. The molecular weight excluding hydrogens is 583 g/mol. The molecule has 0 bridgehead atoms. The van der Waals surface area contributed by atoms with Crippen LogP contribution in [-0.4, -0.2) is 7.32 Å². The first-order valence-corrected chi connectivity index (χ1v) is 8.81. The maximum atomic E-state index is 13.9. The van der Waals surface area contributed by atoms with Gasteiger partial charge in [0.15, 0.2) is 17.2 Å². The molecule has 0 atom stereocenters. The molecule has 0 unspecified atom stereocenters. The van der Waals surface area contributed by atoms with Crippen molar-refractivity contribution < 1.29 is 109 Å². The van der Waals surface area contributed by atoms with Crippen LogP contribution in [0.5, 0.6) is 17.2 Å². The van der Waals surface area contributed by atoms with Crippen LogP contribution in [0.15, 0.2) is 0 Å². The molecule has 38 heavy (non-hydrogen) atoms. The van der Waals surface area contributed by atoms with E-state index in [9.17, 15) is 65.9 Å². The van der Waals surface area contributed by atoms with Crippen molar-refractivity contribution in [3.05, 3.63) is 87.3 Å². The Morgan fingerprint density at radius 2 is 0.395 bits per heavy atom. The number of rotatable bonds is 6. The van der Waals surface area contributed by atoms with Gasteiger partial charge in [0.05, 0.1) is 0 Å². The second-order valence-corrected chi connectivity index (χ2v) is 6.48. The molecule has 0 spiro atoms. The van der Waals surface area contributed by atoms with E-state index in [0.717, 1.165) is 0 Å². The van der Waals surface area contributed by atoms with Crippen LogP contribution in [0.3, 0.4) is 0 Å². The average molecular weight is 584 g/mol. The molecule has 3 rings (SSSR count). The van der Waals surface area contributed by atoms with E-state index >= 15 is 0 Å². The minimum absolute atomic E-state index is 0. The molecule has 3 aromatic rings. The Kier molecular flexibility index (Phi) is 9.42. The summed E-state index contributed by atoms with van der Waals surface area (Å²) in [4.78, 5) is 0. The van der Waals surface area contributed by atoms with Crippen molar-refractivity contribution in [2.24, 2.45) is 0 Å². The average Bonchev–Trinajstić information content (AvgIpc) is 2.88. The van der Waals surface area contributed by atoms with Gasteiger partial charge in [-0.15, -0.1) is 0 Å². The molecule has 200 valence electrons. The van der Waals surface area contributed by atoms with Gasteiger partial charge in [-0.1, -0.05) is 0 Å². The summed E-state index contributed by atoms with van der Waals surface area (Å²) in [5.41, 5.74) is 0. The Balaban J connectivity index is 0.00000507. The molecule has 0 aromatic heterocycles. The SMILES string of the molecule is Fc1c(F)c(F)c(O[BH-](Oc2c(F)c(F)c(F)c(F)c2F)Oc2c(F)c(F)c(F)c(F)c2F)c(F)c1F.[Na+]. The van der Waals surface area contributed by atoms with E-state index in [4.69, 9.17) is 0 Å². The Hall–Kier alpha value is -2.93. The summed E-state index contributed by atoms with van der Waals surface area (Å²) in [6.45, 7) is 0. The minimum Gasteiger partial charge on any atom is -0.648 e. The summed E-state index contributed by atoms with van der Waals surface area (Å²) in [6, 6.07) is 0. The summed E-state index contributed by atoms with van der Waals surface area (Å²) in [6.07, 6.45) is 0. The third-order valence-electron chi connectivity index (χ3n) is 4.30. The van der Waals surface area contributed by atoms with Crippen molar-refractivity contribution in [2.75, 3.05) is 0 Å². The molecule has 0 aliphatic carbocycles. The zero-order valence-corrected chi connectivity index (χ0v) is 19.6. The smallest absolute Gasteiger partial charge is 0.648 e. The van der Waals surface area contributed by atoms with Crippen LogP contribution < -0.4 is 43.5 Å². The monoisotopic (exact) mass is 584 g/mol. The second-order valence-electron chi connectivity index (χ2n) is 6.48.